The molecule has 0 aromatic carbocycles. The molecule has 0 radical (unpaired) electrons. The molecule has 0 amide bonds. The Morgan fingerprint density at radius 2 is 2.41 bits per heavy atom. The number of ether oxygens (including phenoxy) is 2. The van der Waals surface area contributed by atoms with E-state index in [0.29, 0.717) is 6.04 Å². The fraction of sp³-hybridized carbons (Fsp3) is 0.750. The summed E-state index contributed by atoms with van der Waals surface area (Å²) in [5.74, 6) is 0. The maximum Gasteiger partial charge on any atom is 0.0986 e. The predicted molar refractivity (Wildman–Crippen MR) is 64.8 cm³/mol. The van der Waals surface area contributed by atoms with Gasteiger partial charge in [-0.2, -0.15) is 5.10 Å². The van der Waals surface area contributed by atoms with Crippen molar-refractivity contribution < 1.29 is 9.47 Å². The van der Waals surface area contributed by atoms with Gasteiger partial charge in [-0.15, -0.1) is 0 Å². The van der Waals surface area contributed by atoms with Gasteiger partial charge in [-0.05, 0) is 20.3 Å². The van der Waals surface area contributed by atoms with E-state index in [-0.39, 0.29) is 12.2 Å². The van der Waals surface area contributed by atoms with Crippen LogP contribution in [0.25, 0.3) is 0 Å². The van der Waals surface area contributed by atoms with E-state index in [4.69, 9.17) is 9.47 Å². The minimum Gasteiger partial charge on any atom is -0.377 e. The summed E-state index contributed by atoms with van der Waals surface area (Å²) < 4.78 is 11.0. The maximum atomic E-state index is 5.59. The Kier molecular flexibility index (Phi) is 4.15. The fourth-order valence-corrected chi connectivity index (χ4v) is 2.27. The van der Waals surface area contributed by atoms with Gasteiger partial charge in [0.15, 0.2) is 0 Å². The fourth-order valence-electron chi connectivity index (χ4n) is 2.27. The third-order valence-corrected chi connectivity index (χ3v) is 3.39. The molecule has 3 atom stereocenters. The van der Waals surface area contributed by atoms with Gasteiger partial charge in [0.25, 0.3) is 0 Å². The summed E-state index contributed by atoms with van der Waals surface area (Å²) in [7, 11) is 1.74. The first-order chi connectivity index (χ1) is 8.26. The Morgan fingerprint density at radius 3 is 3.00 bits per heavy atom. The van der Waals surface area contributed by atoms with Gasteiger partial charge in [0, 0.05) is 37.6 Å². The van der Waals surface area contributed by atoms with Crippen molar-refractivity contribution in [3.8, 4) is 0 Å². The monoisotopic (exact) mass is 239 g/mol. The maximum absolute atomic E-state index is 5.59. The molecule has 0 saturated heterocycles. The molecule has 1 aliphatic rings. The lowest BCUT2D eigenvalue weighted by molar-refractivity contribution is -0.131. The Bertz CT molecular complexity index is 353. The highest BCUT2D eigenvalue weighted by atomic mass is 16.5. The molecule has 1 saturated carbocycles. The minimum atomic E-state index is 0.169. The molecule has 17 heavy (non-hydrogen) atoms. The summed E-state index contributed by atoms with van der Waals surface area (Å²) >= 11 is 0. The topological polar surface area (TPSA) is 59.2 Å². The lowest BCUT2D eigenvalue weighted by Crippen LogP contribution is -2.59. The largest absolute Gasteiger partial charge is 0.377 e. The first kappa shape index (κ1) is 12.5. The normalized spacial score (nSPS) is 28.1. The van der Waals surface area contributed by atoms with Crippen LogP contribution < -0.4 is 5.32 Å². The number of hydrogen-bond acceptors (Lipinski definition) is 4. The zero-order valence-corrected chi connectivity index (χ0v) is 10.7. The molecule has 1 aromatic rings. The molecule has 96 valence electrons. The molecule has 0 bridgehead atoms. The number of nitrogens with zero attached hydrogens (tertiary/aromatic N) is 1. The molecule has 1 aromatic heterocycles. The second-order valence-corrected chi connectivity index (χ2v) is 4.44. The van der Waals surface area contributed by atoms with Gasteiger partial charge in [-0.1, -0.05) is 0 Å². The third-order valence-electron chi connectivity index (χ3n) is 3.39. The van der Waals surface area contributed by atoms with E-state index in [1.165, 1.54) is 5.56 Å². The first-order valence-corrected chi connectivity index (χ1v) is 6.12. The van der Waals surface area contributed by atoms with E-state index >= 15 is 0 Å². The summed E-state index contributed by atoms with van der Waals surface area (Å²) in [6.07, 6.45) is 3.29. The van der Waals surface area contributed by atoms with Gasteiger partial charge in [0.1, 0.15) is 0 Å². The Labute approximate surface area is 102 Å². The van der Waals surface area contributed by atoms with E-state index in [0.717, 1.165) is 25.3 Å². The number of H-pyrrole nitrogens is 1. The van der Waals surface area contributed by atoms with Crippen LogP contribution >= 0.6 is 0 Å². The van der Waals surface area contributed by atoms with Crippen LogP contribution in [0.3, 0.4) is 0 Å². The van der Waals surface area contributed by atoms with Gasteiger partial charge < -0.3 is 14.8 Å². The predicted octanol–water partition coefficient (Wildman–Crippen LogP) is 1.00. The van der Waals surface area contributed by atoms with E-state index in [2.05, 4.69) is 15.5 Å². The van der Waals surface area contributed by atoms with Gasteiger partial charge in [-0.25, -0.2) is 0 Å². The number of nitrogens with one attached hydrogen (secondary N) is 2. The number of aromatic amines is 1. The number of aromatic nitrogens is 2. The van der Waals surface area contributed by atoms with Crippen molar-refractivity contribution in [2.24, 2.45) is 0 Å². The Balaban J connectivity index is 1.79. The van der Waals surface area contributed by atoms with Crippen molar-refractivity contribution in [1.82, 2.24) is 15.5 Å². The van der Waals surface area contributed by atoms with Crippen LogP contribution in [0, 0.1) is 6.92 Å². The SMILES string of the molecule is CCOC1CC(NCc2cn[nH]c2C)C1OC. The second kappa shape index (κ2) is 5.62. The van der Waals surface area contributed by atoms with Crippen LogP contribution in [0.1, 0.15) is 24.6 Å². The summed E-state index contributed by atoms with van der Waals surface area (Å²) in [5, 5.41) is 10.4. The van der Waals surface area contributed by atoms with Gasteiger partial charge in [0.2, 0.25) is 0 Å². The third kappa shape index (κ3) is 2.68. The number of hydrogen-bond donors (Lipinski definition) is 2. The average Bonchev–Trinajstić information content (AvgIpc) is 2.69. The van der Waals surface area contributed by atoms with E-state index in [1.807, 2.05) is 20.0 Å². The van der Waals surface area contributed by atoms with Crippen molar-refractivity contribution >= 4 is 0 Å². The molecule has 1 heterocycles. The van der Waals surface area contributed by atoms with Crippen molar-refractivity contribution in [2.45, 2.75) is 45.1 Å². The Hall–Kier alpha value is -0.910. The Morgan fingerprint density at radius 1 is 1.59 bits per heavy atom. The lowest BCUT2D eigenvalue weighted by Gasteiger charge is -2.43. The summed E-state index contributed by atoms with van der Waals surface area (Å²) in [6.45, 7) is 5.62. The molecular formula is C12H21N3O2. The molecule has 2 N–H and O–H groups in total. The summed E-state index contributed by atoms with van der Waals surface area (Å²) in [4.78, 5) is 0. The highest BCUT2D eigenvalue weighted by molar-refractivity contribution is 5.14. The van der Waals surface area contributed by atoms with Crippen molar-refractivity contribution in [3.63, 3.8) is 0 Å². The number of methoxy groups -OCH3 is 1. The van der Waals surface area contributed by atoms with Gasteiger partial charge >= 0.3 is 0 Å². The molecule has 1 fully saturated rings. The van der Waals surface area contributed by atoms with Gasteiger partial charge in [-0.3, -0.25) is 5.10 Å². The molecule has 0 spiro atoms. The van der Waals surface area contributed by atoms with Crippen molar-refractivity contribution in [1.29, 1.82) is 0 Å². The highest BCUT2D eigenvalue weighted by Crippen LogP contribution is 2.27. The van der Waals surface area contributed by atoms with E-state index < -0.39 is 0 Å². The zero-order valence-electron chi connectivity index (χ0n) is 10.7. The second-order valence-electron chi connectivity index (χ2n) is 4.44. The van der Waals surface area contributed by atoms with Crippen LogP contribution in [-0.4, -0.2) is 42.2 Å². The standard InChI is InChI=1S/C12H21N3O2/c1-4-17-11-5-10(12(11)16-3)13-6-9-7-14-15-8(9)2/h7,10-13H,4-6H2,1-3H3,(H,14,15). The number of aryl methyl sites for hydroxylation is 1. The molecular weight excluding hydrogens is 218 g/mol. The average molecular weight is 239 g/mol. The van der Waals surface area contributed by atoms with Crippen molar-refractivity contribution in [3.05, 3.63) is 17.5 Å². The van der Waals surface area contributed by atoms with Crippen LogP contribution in [0.5, 0.6) is 0 Å². The van der Waals surface area contributed by atoms with E-state index in [1.54, 1.807) is 7.11 Å². The first-order valence-electron chi connectivity index (χ1n) is 6.12. The van der Waals surface area contributed by atoms with Crippen LogP contribution in [-0.2, 0) is 16.0 Å². The zero-order chi connectivity index (χ0) is 12.3. The molecule has 1 aliphatic carbocycles. The molecule has 3 unspecified atom stereocenters. The van der Waals surface area contributed by atoms with Crippen LogP contribution in [0.2, 0.25) is 0 Å². The molecule has 5 nitrogen and oxygen atoms in total. The van der Waals surface area contributed by atoms with Crippen molar-refractivity contribution in [2.75, 3.05) is 13.7 Å². The van der Waals surface area contributed by atoms with Crippen LogP contribution in [0.15, 0.2) is 6.20 Å². The van der Waals surface area contributed by atoms with Gasteiger partial charge in [0.05, 0.1) is 18.4 Å². The molecule has 0 aliphatic heterocycles. The summed E-state index contributed by atoms with van der Waals surface area (Å²) in [6, 6.07) is 0.380. The molecule has 5 heteroatoms. The smallest absolute Gasteiger partial charge is 0.0986 e. The van der Waals surface area contributed by atoms with E-state index in [9.17, 15) is 0 Å². The highest BCUT2D eigenvalue weighted by Gasteiger charge is 2.41. The quantitative estimate of drug-likeness (QED) is 0.777. The van der Waals surface area contributed by atoms with Crippen LogP contribution in [0.4, 0.5) is 0 Å². The minimum absolute atomic E-state index is 0.169. The molecule has 2 rings (SSSR count). The number of rotatable bonds is 6. The lowest BCUT2D eigenvalue weighted by atomic mass is 9.85. The summed E-state index contributed by atoms with van der Waals surface area (Å²) in [5.41, 5.74) is 2.33.